The number of alkyl halides is 3. The van der Waals surface area contributed by atoms with Crippen molar-refractivity contribution in [2.24, 2.45) is 7.05 Å². The van der Waals surface area contributed by atoms with E-state index in [-0.39, 0.29) is 45.1 Å². The molecule has 0 bridgehead atoms. The van der Waals surface area contributed by atoms with Crippen molar-refractivity contribution in [2.75, 3.05) is 10.2 Å². The number of aryl methyl sites for hydroxylation is 1. The average molecular weight is 599 g/mol. The van der Waals surface area contributed by atoms with Crippen LogP contribution in [0.5, 0.6) is 0 Å². The van der Waals surface area contributed by atoms with Crippen molar-refractivity contribution in [3.8, 4) is 22.5 Å². The summed E-state index contributed by atoms with van der Waals surface area (Å²) in [5.74, 6) is -1.08. The largest absolute Gasteiger partial charge is 0.444 e. The summed E-state index contributed by atoms with van der Waals surface area (Å²) in [5, 5.41) is 20.1. The van der Waals surface area contributed by atoms with Crippen molar-refractivity contribution in [3.63, 3.8) is 0 Å². The number of rotatable bonds is 5. The number of amides is 2. The highest BCUT2D eigenvalue weighted by Gasteiger charge is 2.41. The van der Waals surface area contributed by atoms with Gasteiger partial charge in [-0.1, -0.05) is 6.07 Å². The fourth-order valence-corrected chi connectivity index (χ4v) is 4.79. The number of fused-ring (bicyclic) bond motifs is 1. The molecule has 2 aromatic heterocycles. The third kappa shape index (κ3) is 5.91. The van der Waals surface area contributed by atoms with Gasteiger partial charge in [0.2, 0.25) is 0 Å². The summed E-state index contributed by atoms with van der Waals surface area (Å²) in [4.78, 5) is 31.5. The molecular formula is C29H26F4N6O4. The number of nitrogens with one attached hydrogen (secondary N) is 1. The first-order valence-corrected chi connectivity index (χ1v) is 13.0. The van der Waals surface area contributed by atoms with E-state index in [1.807, 2.05) is 0 Å². The molecule has 3 heterocycles. The van der Waals surface area contributed by atoms with Gasteiger partial charge in [0.1, 0.15) is 23.6 Å². The molecule has 0 fully saturated rings. The highest BCUT2D eigenvalue weighted by Crippen LogP contribution is 2.42. The number of nitrogens with zero attached hydrogens (tertiary/aromatic N) is 5. The van der Waals surface area contributed by atoms with Gasteiger partial charge in [0.15, 0.2) is 5.82 Å². The van der Waals surface area contributed by atoms with Gasteiger partial charge in [-0.15, -0.1) is 10.2 Å². The standard InChI is InChI=1S/C29H26F4N6O4/c1-28(2,3)43-27(42)36-23-11-34-24(10-18(23)17-6-5-16(30)9-19(17)25-37-35-14-38(25)4)39-12-21-20(26(39)41)7-15(13-40)8-22(21)29(31,32)33/h5-11,14,40H,12-13H2,1-4H3,(H,36,42). The number of halogens is 4. The second kappa shape index (κ2) is 10.8. The Morgan fingerprint density at radius 3 is 2.44 bits per heavy atom. The molecule has 4 aromatic rings. The molecule has 0 unspecified atom stereocenters. The number of anilines is 2. The summed E-state index contributed by atoms with van der Waals surface area (Å²) < 4.78 is 63.2. The summed E-state index contributed by atoms with van der Waals surface area (Å²) in [5.41, 5.74) is -1.38. The van der Waals surface area contributed by atoms with Crippen LogP contribution < -0.4 is 10.2 Å². The average Bonchev–Trinajstić information content (AvgIpc) is 3.49. The molecule has 1 aliphatic rings. The lowest BCUT2D eigenvalue weighted by molar-refractivity contribution is -0.138. The fraction of sp³-hybridized carbons (Fsp3) is 0.276. The Morgan fingerprint density at radius 1 is 1.07 bits per heavy atom. The first kappa shape index (κ1) is 29.6. The zero-order chi connectivity index (χ0) is 31.3. The van der Waals surface area contributed by atoms with Crippen molar-refractivity contribution in [1.82, 2.24) is 19.7 Å². The number of benzene rings is 2. The molecular weight excluding hydrogens is 572 g/mol. The first-order valence-electron chi connectivity index (χ1n) is 13.0. The minimum absolute atomic E-state index is 0.0298. The van der Waals surface area contributed by atoms with Crippen LogP contribution in [-0.2, 0) is 31.1 Å². The SMILES string of the molecule is Cn1cnnc1-c1cc(F)ccc1-c1cc(N2Cc3c(cc(CO)cc3C(F)(F)F)C2=O)ncc1NC(=O)OC(C)(C)C. The van der Waals surface area contributed by atoms with Crippen LogP contribution in [0.25, 0.3) is 22.5 Å². The van der Waals surface area contributed by atoms with Gasteiger partial charge in [-0.25, -0.2) is 14.2 Å². The molecule has 5 rings (SSSR count). The number of hydrogen-bond donors (Lipinski definition) is 2. The van der Waals surface area contributed by atoms with E-state index in [4.69, 9.17) is 4.74 Å². The molecule has 0 aliphatic carbocycles. The molecule has 0 saturated heterocycles. The summed E-state index contributed by atoms with van der Waals surface area (Å²) in [7, 11) is 1.65. The lowest BCUT2D eigenvalue weighted by Gasteiger charge is -2.22. The van der Waals surface area contributed by atoms with Crippen molar-refractivity contribution in [3.05, 3.63) is 77.0 Å². The Morgan fingerprint density at radius 2 is 1.81 bits per heavy atom. The second-order valence-electron chi connectivity index (χ2n) is 10.9. The monoisotopic (exact) mass is 598 g/mol. The van der Waals surface area contributed by atoms with Gasteiger partial charge in [-0.2, -0.15) is 13.2 Å². The molecule has 0 atom stereocenters. The Labute approximate surface area is 242 Å². The number of pyridine rings is 1. The molecule has 0 radical (unpaired) electrons. The zero-order valence-corrected chi connectivity index (χ0v) is 23.5. The number of hydrogen-bond acceptors (Lipinski definition) is 7. The van der Waals surface area contributed by atoms with Crippen molar-refractivity contribution >= 4 is 23.5 Å². The minimum Gasteiger partial charge on any atom is -0.444 e. The highest BCUT2D eigenvalue weighted by atomic mass is 19.4. The van der Waals surface area contributed by atoms with Gasteiger partial charge in [-0.05, 0) is 67.8 Å². The molecule has 0 spiro atoms. The molecule has 0 saturated carbocycles. The van der Waals surface area contributed by atoms with E-state index in [0.717, 1.165) is 11.0 Å². The van der Waals surface area contributed by atoms with Gasteiger partial charge in [0.05, 0.1) is 30.6 Å². The van der Waals surface area contributed by atoms with E-state index in [1.165, 1.54) is 42.9 Å². The van der Waals surface area contributed by atoms with E-state index in [0.29, 0.717) is 5.56 Å². The van der Waals surface area contributed by atoms with Gasteiger partial charge < -0.3 is 14.4 Å². The number of ether oxygens (including phenoxy) is 1. The first-order chi connectivity index (χ1) is 20.2. The summed E-state index contributed by atoms with van der Waals surface area (Å²) in [6.45, 7) is 3.89. The topological polar surface area (TPSA) is 122 Å². The molecule has 43 heavy (non-hydrogen) atoms. The number of carbonyl (C=O) groups is 2. The Kier molecular flexibility index (Phi) is 7.42. The maximum atomic E-state index is 14.5. The highest BCUT2D eigenvalue weighted by molar-refractivity contribution is 6.10. The Balaban J connectivity index is 1.66. The third-order valence-electron chi connectivity index (χ3n) is 6.62. The smallest absolute Gasteiger partial charge is 0.416 e. The van der Waals surface area contributed by atoms with Crippen LogP contribution in [0.1, 0.15) is 47.8 Å². The van der Waals surface area contributed by atoms with E-state index >= 15 is 0 Å². The van der Waals surface area contributed by atoms with Crippen LogP contribution in [0, 0.1) is 5.82 Å². The van der Waals surface area contributed by atoms with E-state index < -0.39 is 48.3 Å². The summed E-state index contributed by atoms with van der Waals surface area (Å²) >= 11 is 0. The molecule has 2 N–H and O–H groups in total. The molecule has 10 nitrogen and oxygen atoms in total. The Hall–Kier alpha value is -4.85. The number of aromatic nitrogens is 4. The second-order valence-corrected chi connectivity index (χ2v) is 10.9. The zero-order valence-electron chi connectivity index (χ0n) is 23.5. The van der Waals surface area contributed by atoms with Gasteiger partial charge in [-0.3, -0.25) is 15.0 Å². The van der Waals surface area contributed by atoms with Crippen LogP contribution in [0.4, 0.5) is 33.9 Å². The maximum Gasteiger partial charge on any atom is 0.416 e. The van der Waals surface area contributed by atoms with Crippen molar-refractivity contribution in [2.45, 2.75) is 45.7 Å². The van der Waals surface area contributed by atoms with Crippen LogP contribution >= 0.6 is 0 Å². The van der Waals surface area contributed by atoms with Crippen LogP contribution in [0.3, 0.4) is 0 Å². The number of carbonyl (C=O) groups excluding carboxylic acids is 2. The van der Waals surface area contributed by atoms with Gasteiger partial charge in [0, 0.05) is 23.7 Å². The molecule has 2 amide bonds. The molecule has 224 valence electrons. The van der Waals surface area contributed by atoms with Gasteiger partial charge >= 0.3 is 12.3 Å². The van der Waals surface area contributed by atoms with Crippen molar-refractivity contribution in [1.29, 1.82) is 0 Å². The van der Waals surface area contributed by atoms with E-state index in [2.05, 4.69) is 20.5 Å². The predicted molar refractivity (Wildman–Crippen MR) is 147 cm³/mol. The molecule has 14 heteroatoms. The number of aliphatic hydroxyl groups is 1. The number of aliphatic hydroxyl groups excluding tert-OH is 1. The van der Waals surface area contributed by atoms with Crippen LogP contribution in [0.2, 0.25) is 0 Å². The van der Waals surface area contributed by atoms with Crippen LogP contribution in [0.15, 0.2) is 48.9 Å². The third-order valence-corrected chi connectivity index (χ3v) is 6.62. The fourth-order valence-electron chi connectivity index (χ4n) is 4.79. The Bertz CT molecular complexity index is 1750. The minimum atomic E-state index is -4.77. The van der Waals surface area contributed by atoms with E-state index in [9.17, 15) is 32.3 Å². The molecule has 2 aromatic carbocycles. The molecule has 1 aliphatic heterocycles. The van der Waals surface area contributed by atoms with Crippen LogP contribution in [-0.4, -0.2) is 42.5 Å². The quantitative estimate of drug-likeness (QED) is 0.283. The lowest BCUT2D eigenvalue weighted by Crippen LogP contribution is -2.28. The summed E-state index contributed by atoms with van der Waals surface area (Å²) in [6, 6.07) is 7.29. The lowest BCUT2D eigenvalue weighted by atomic mass is 9.98. The summed E-state index contributed by atoms with van der Waals surface area (Å²) in [6.07, 6.45) is -2.94. The normalized spacial score (nSPS) is 13.3. The van der Waals surface area contributed by atoms with Crippen molar-refractivity contribution < 1.29 is 37.0 Å². The van der Waals surface area contributed by atoms with Gasteiger partial charge in [0.25, 0.3) is 5.91 Å². The predicted octanol–water partition coefficient (Wildman–Crippen LogP) is 5.70. The maximum absolute atomic E-state index is 14.5. The van der Waals surface area contributed by atoms with E-state index in [1.54, 1.807) is 32.4 Å².